The van der Waals surface area contributed by atoms with Gasteiger partial charge in [0.1, 0.15) is 0 Å². The Morgan fingerprint density at radius 1 is 1.45 bits per heavy atom. The number of amides is 1. The summed E-state index contributed by atoms with van der Waals surface area (Å²) >= 11 is 0. The van der Waals surface area contributed by atoms with Crippen LogP contribution in [-0.2, 0) is 0 Å². The average molecular weight is 277 g/mol. The van der Waals surface area contributed by atoms with Crippen LogP contribution in [0.25, 0.3) is 0 Å². The molecule has 0 radical (unpaired) electrons. The molecular formula is C15H23N3O2. The van der Waals surface area contributed by atoms with Crippen LogP contribution in [0, 0.1) is 0 Å². The molecule has 0 saturated carbocycles. The molecule has 110 valence electrons. The Morgan fingerprint density at radius 2 is 2.15 bits per heavy atom. The number of piperidine rings is 1. The number of benzene rings is 1. The van der Waals surface area contributed by atoms with Crippen molar-refractivity contribution in [3.63, 3.8) is 0 Å². The number of carbonyl (C=O) groups is 1. The van der Waals surface area contributed by atoms with Gasteiger partial charge in [-0.15, -0.1) is 0 Å². The van der Waals surface area contributed by atoms with E-state index in [0.717, 1.165) is 25.9 Å². The van der Waals surface area contributed by atoms with Crippen molar-refractivity contribution in [2.24, 2.45) is 0 Å². The molecule has 3 N–H and O–H groups in total. The van der Waals surface area contributed by atoms with E-state index in [-0.39, 0.29) is 18.6 Å². The maximum atomic E-state index is 12.6. The third-order valence-corrected chi connectivity index (χ3v) is 3.86. The van der Waals surface area contributed by atoms with Crippen molar-refractivity contribution in [3.8, 4) is 0 Å². The third kappa shape index (κ3) is 3.49. The lowest BCUT2D eigenvalue weighted by atomic mass is 10.0. The summed E-state index contributed by atoms with van der Waals surface area (Å²) in [6, 6.07) is 7.23. The zero-order valence-corrected chi connectivity index (χ0v) is 12.0. The molecule has 5 nitrogen and oxygen atoms in total. The van der Waals surface area contributed by atoms with Gasteiger partial charge in [-0.2, -0.15) is 0 Å². The van der Waals surface area contributed by atoms with E-state index in [1.165, 1.54) is 0 Å². The van der Waals surface area contributed by atoms with E-state index in [4.69, 9.17) is 5.73 Å². The molecule has 2 rings (SSSR count). The van der Waals surface area contributed by atoms with E-state index in [1.54, 1.807) is 29.2 Å². The topological polar surface area (TPSA) is 69.8 Å². The first-order valence-electron chi connectivity index (χ1n) is 7.07. The van der Waals surface area contributed by atoms with Crippen LogP contribution in [0.3, 0.4) is 0 Å². The van der Waals surface area contributed by atoms with Gasteiger partial charge in [0.2, 0.25) is 0 Å². The van der Waals surface area contributed by atoms with Crippen LogP contribution in [0.15, 0.2) is 24.3 Å². The predicted octanol–water partition coefficient (Wildman–Crippen LogP) is 0.797. The number of hydrogen-bond donors (Lipinski definition) is 2. The lowest BCUT2D eigenvalue weighted by molar-refractivity contribution is 0.0540. The van der Waals surface area contributed by atoms with E-state index in [9.17, 15) is 9.90 Å². The summed E-state index contributed by atoms with van der Waals surface area (Å²) in [6.45, 7) is 2.33. The highest BCUT2D eigenvalue weighted by molar-refractivity contribution is 5.95. The third-order valence-electron chi connectivity index (χ3n) is 3.86. The molecule has 0 spiro atoms. The van der Waals surface area contributed by atoms with Crippen LogP contribution in [0.1, 0.15) is 23.2 Å². The van der Waals surface area contributed by atoms with Crippen molar-refractivity contribution in [2.75, 3.05) is 39.0 Å². The van der Waals surface area contributed by atoms with Gasteiger partial charge >= 0.3 is 0 Å². The van der Waals surface area contributed by atoms with Gasteiger partial charge in [-0.25, -0.2) is 0 Å². The minimum Gasteiger partial charge on any atom is -0.399 e. The van der Waals surface area contributed by atoms with E-state index < -0.39 is 0 Å². The Balaban J connectivity index is 2.13. The van der Waals surface area contributed by atoms with Gasteiger partial charge in [0.15, 0.2) is 0 Å². The Hall–Kier alpha value is -1.59. The van der Waals surface area contributed by atoms with Crippen LogP contribution in [-0.4, -0.2) is 60.1 Å². The number of aliphatic hydroxyl groups excluding tert-OH is 1. The van der Waals surface area contributed by atoms with E-state index in [2.05, 4.69) is 11.9 Å². The number of anilines is 1. The van der Waals surface area contributed by atoms with Gasteiger partial charge in [0.05, 0.1) is 6.61 Å². The van der Waals surface area contributed by atoms with Crippen LogP contribution < -0.4 is 5.73 Å². The fraction of sp³-hybridized carbons (Fsp3) is 0.533. The van der Waals surface area contributed by atoms with Gasteiger partial charge in [0, 0.05) is 23.8 Å². The summed E-state index contributed by atoms with van der Waals surface area (Å²) < 4.78 is 0. The standard InChI is InChI=1S/C15H23N3O2/c1-17-7-5-14(6-8-17)18(9-10-19)15(20)12-3-2-4-13(16)11-12/h2-4,11,14,19H,5-10,16H2,1H3. The Morgan fingerprint density at radius 3 is 2.75 bits per heavy atom. The van der Waals surface area contributed by atoms with Crippen molar-refractivity contribution in [2.45, 2.75) is 18.9 Å². The minimum absolute atomic E-state index is 0.0135. The summed E-state index contributed by atoms with van der Waals surface area (Å²) in [4.78, 5) is 16.7. The van der Waals surface area contributed by atoms with Gasteiger partial charge in [-0.05, 0) is 51.2 Å². The summed E-state index contributed by atoms with van der Waals surface area (Å²) in [5.74, 6) is -0.0408. The fourth-order valence-electron chi connectivity index (χ4n) is 2.70. The number of nitrogens with zero attached hydrogens (tertiary/aromatic N) is 2. The lowest BCUT2D eigenvalue weighted by Gasteiger charge is -2.37. The van der Waals surface area contributed by atoms with Gasteiger partial charge < -0.3 is 20.6 Å². The molecule has 20 heavy (non-hydrogen) atoms. The summed E-state index contributed by atoms with van der Waals surface area (Å²) in [6.07, 6.45) is 1.90. The number of rotatable bonds is 4. The van der Waals surface area contributed by atoms with Gasteiger partial charge in [0.25, 0.3) is 5.91 Å². The molecule has 0 bridgehead atoms. The van der Waals surface area contributed by atoms with Crippen LogP contribution >= 0.6 is 0 Å². The van der Waals surface area contributed by atoms with E-state index in [0.29, 0.717) is 17.8 Å². The predicted molar refractivity (Wildman–Crippen MR) is 79.5 cm³/mol. The maximum absolute atomic E-state index is 12.6. The zero-order valence-electron chi connectivity index (χ0n) is 12.0. The first-order chi connectivity index (χ1) is 9.61. The minimum atomic E-state index is -0.0408. The molecule has 1 aliphatic heterocycles. The average Bonchev–Trinajstić information content (AvgIpc) is 2.45. The first kappa shape index (κ1) is 14.8. The second-order valence-electron chi connectivity index (χ2n) is 5.38. The molecule has 0 aliphatic carbocycles. The number of likely N-dealkylation sites (tertiary alicyclic amines) is 1. The van der Waals surface area contributed by atoms with Crippen LogP contribution in [0.4, 0.5) is 5.69 Å². The molecule has 1 fully saturated rings. The van der Waals surface area contributed by atoms with Crippen molar-refractivity contribution in [1.82, 2.24) is 9.80 Å². The molecule has 0 unspecified atom stereocenters. The van der Waals surface area contributed by atoms with Crippen LogP contribution in [0.5, 0.6) is 0 Å². The van der Waals surface area contributed by atoms with E-state index in [1.807, 2.05) is 0 Å². The Bertz CT molecular complexity index is 456. The summed E-state index contributed by atoms with van der Waals surface area (Å²) in [5, 5.41) is 9.24. The van der Waals surface area contributed by atoms with E-state index >= 15 is 0 Å². The van der Waals surface area contributed by atoms with Gasteiger partial charge in [-0.3, -0.25) is 4.79 Å². The number of aliphatic hydroxyl groups is 1. The second kappa shape index (κ2) is 6.72. The second-order valence-corrected chi connectivity index (χ2v) is 5.38. The number of carbonyl (C=O) groups excluding carboxylic acids is 1. The molecule has 0 atom stereocenters. The maximum Gasteiger partial charge on any atom is 0.254 e. The molecule has 1 saturated heterocycles. The SMILES string of the molecule is CN1CCC(N(CCO)C(=O)c2cccc(N)c2)CC1. The molecule has 1 aromatic carbocycles. The molecule has 1 amide bonds. The zero-order chi connectivity index (χ0) is 14.5. The largest absolute Gasteiger partial charge is 0.399 e. The molecular weight excluding hydrogens is 254 g/mol. The molecule has 5 heteroatoms. The lowest BCUT2D eigenvalue weighted by Crippen LogP contribution is -2.47. The monoisotopic (exact) mass is 277 g/mol. The smallest absolute Gasteiger partial charge is 0.254 e. The molecule has 1 aliphatic rings. The summed E-state index contributed by atoms with van der Waals surface area (Å²) in [7, 11) is 2.09. The first-order valence-corrected chi connectivity index (χ1v) is 7.07. The Labute approximate surface area is 120 Å². The van der Waals surface area contributed by atoms with Gasteiger partial charge in [-0.1, -0.05) is 6.07 Å². The highest BCUT2D eigenvalue weighted by Crippen LogP contribution is 2.19. The number of nitrogens with two attached hydrogens (primary N) is 1. The van der Waals surface area contributed by atoms with Crippen molar-refractivity contribution in [3.05, 3.63) is 29.8 Å². The number of nitrogen functional groups attached to an aromatic ring is 1. The normalized spacial score (nSPS) is 17.1. The van der Waals surface area contributed by atoms with Crippen LogP contribution in [0.2, 0.25) is 0 Å². The highest BCUT2D eigenvalue weighted by Gasteiger charge is 2.27. The molecule has 0 aromatic heterocycles. The van der Waals surface area contributed by atoms with Crippen molar-refractivity contribution >= 4 is 11.6 Å². The molecule has 1 aromatic rings. The summed E-state index contributed by atoms with van der Waals surface area (Å²) in [5.41, 5.74) is 6.92. The highest BCUT2D eigenvalue weighted by atomic mass is 16.3. The fourth-order valence-corrected chi connectivity index (χ4v) is 2.70. The number of hydrogen-bond acceptors (Lipinski definition) is 4. The quantitative estimate of drug-likeness (QED) is 0.799. The molecule has 1 heterocycles. The van der Waals surface area contributed by atoms with Crippen molar-refractivity contribution in [1.29, 1.82) is 0 Å². The Kier molecular flexibility index (Phi) is 4.98. The van der Waals surface area contributed by atoms with Crippen molar-refractivity contribution < 1.29 is 9.90 Å².